The summed E-state index contributed by atoms with van der Waals surface area (Å²) in [6.07, 6.45) is 0. The Bertz CT molecular complexity index is 645. The first kappa shape index (κ1) is 16.9. The van der Waals surface area contributed by atoms with Crippen LogP contribution >= 0.6 is 0 Å². The smallest absolute Gasteiger partial charge is 0.214 e. The second-order valence-corrected chi connectivity index (χ2v) is 5.27. The molecule has 1 heterocycles. The molecular weight excluding hydrogens is 292 g/mol. The van der Waals surface area contributed by atoms with E-state index in [9.17, 15) is 0 Å². The summed E-state index contributed by atoms with van der Waals surface area (Å²) in [5, 5.41) is 6.35. The minimum absolute atomic E-state index is 0.493. The van der Waals surface area contributed by atoms with E-state index in [0.717, 1.165) is 17.2 Å². The Morgan fingerprint density at radius 1 is 1.26 bits per heavy atom. The van der Waals surface area contributed by atoms with Crippen LogP contribution in [0.1, 0.15) is 22.9 Å². The molecule has 0 aliphatic rings. The second kappa shape index (κ2) is 8.22. The molecule has 2 rings (SSSR count). The number of aromatic nitrogens is 1. The van der Waals surface area contributed by atoms with Crippen LogP contribution in [0.25, 0.3) is 0 Å². The number of rotatable bonds is 6. The monoisotopic (exact) mass is 316 g/mol. The fraction of sp³-hybridized carbons (Fsp3) is 0.412. The van der Waals surface area contributed by atoms with Crippen molar-refractivity contribution < 1.29 is 9.15 Å². The first-order chi connectivity index (χ1) is 11.1. The lowest BCUT2D eigenvalue weighted by Crippen LogP contribution is -2.38. The van der Waals surface area contributed by atoms with Gasteiger partial charge in [0.05, 0.1) is 18.8 Å². The van der Waals surface area contributed by atoms with Crippen molar-refractivity contribution in [3.63, 3.8) is 0 Å². The van der Waals surface area contributed by atoms with Gasteiger partial charge >= 0.3 is 0 Å². The van der Waals surface area contributed by atoms with Gasteiger partial charge in [-0.25, -0.2) is 4.98 Å². The molecule has 0 saturated heterocycles. The van der Waals surface area contributed by atoms with Gasteiger partial charge in [-0.3, -0.25) is 4.99 Å². The molecule has 0 spiro atoms. The predicted molar refractivity (Wildman–Crippen MR) is 90.9 cm³/mol. The normalized spacial score (nSPS) is 11.4. The molecule has 6 heteroatoms. The number of ether oxygens (including phenoxy) is 1. The molecule has 6 nitrogen and oxygen atoms in total. The van der Waals surface area contributed by atoms with E-state index in [-0.39, 0.29) is 0 Å². The van der Waals surface area contributed by atoms with E-state index in [0.29, 0.717) is 31.5 Å². The van der Waals surface area contributed by atoms with E-state index in [1.54, 1.807) is 7.05 Å². The van der Waals surface area contributed by atoms with Gasteiger partial charge in [0.15, 0.2) is 5.96 Å². The molecule has 124 valence electrons. The molecule has 2 aromatic rings. The summed E-state index contributed by atoms with van der Waals surface area (Å²) in [5.41, 5.74) is 2.10. The van der Waals surface area contributed by atoms with Crippen LogP contribution in [0.2, 0.25) is 0 Å². The molecule has 0 radical (unpaired) electrons. The first-order valence-electron chi connectivity index (χ1n) is 7.65. The Balaban J connectivity index is 1.70. The lowest BCUT2D eigenvalue weighted by molar-refractivity contribution is 0.321. The third-order valence-corrected chi connectivity index (χ3v) is 3.36. The molecule has 23 heavy (non-hydrogen) atoms. The highest BCUT2D eigenvalue weighted by Gasteiger charge is 2.06. The Hall–Kier alpha value is -2.50. The van der Waals surface area contributed by atoms with Crippen LogP contribution in [-0.2, 0) is 6.54 Å². The average Bonchev–Trinajstić information content (AvgIpc) is 2.85. The van der Waals surface area contributed by atoms with Crippen LogP contribution in [0.3, 0.4) is 0 Å². The van der Waals surface area contributed by atoms with E-state index in [1.807, 2.05) is 45.0 Å². The van der Waals surface area contributed by atoms with E-state index in [2.05, 4.69) is 20.6 Å². The van der Waals surface area contributed by atoms with Crippen molar-refractivity contribution in [3.05, 3.63) is 47.2 Å². The molecule has 0 aliphatic carbocycles. The molecule has 0 fully saturated rings. The van der Waals surface area contributed by atoms with Gasteiger partial charge in [-0.1, -0.05) is 12.1 Å². The molecule has 0 saturated carbocycles. The Kier molecular flexibility index (Phi) is 6.02. The standard InChI is InChI=1S/C17H24N4O2/c1-12-6-5-7-15(10-12)22-9-8-19-17(18-4)20-11-16-21-13(2)14(3)23-16/h5-7,10H,8-9,11H2,1-4H3,(H2,18,19,20). The molecule has 1 aromatic heterocycles. The van der Waals surface area contributed by atoms with Crippen LogP contribution in [-0.4, -0.2) is 31.1 Å². The van der Waals surface area contributed by atoms with Crippen LogP contribution in [0.5, 0.6) is 5.75 Å². The summed E-state index contributed by atoms with van der Waals surface area (Å²) in [7, 11) is 1.73. The molecule has 0 unspecified atom stereocenters. The number of hydrogen-bond acceptors (Lipinski definition) is 4. The number of oxazole rings is 1. The van der Waals surface area contributed by atoms with Crippen LogP contribution in [0.4, 0.5) is 0 Å². The van der Waals surface area contributed by atoms with Crippen molar-refractivity contribution in [2.75, 3.05) is 20.2 Å². The number of guanidine groups is 1. The Morgan fingerprint density at radius 3 is 2.74 bits per heavy atom. The number of nitrogens with one attached hydrogen (secondary N) is 2. The fourth-order valence-corrected chi connectivity index (χ4v) is 2.04. The first-order valence-corrected chi connectivity index (χ1v) is 7.65. The van der Waals surface area contributed by atoms with E-state index in [1.165, 1.54) is 5.56 Å². The summed E-state index contributed by atoms with van der Waals surface area (Å²) >= 11 is 0. The second-order valence-electron chi connectivity index (χ2n) is 5.27. The fourth-order valence-electron chi connectivity index (χ4n) is 2.04. The molecular formula is C17H24N4O2. The molecule has 0 aliphatic heterocycles. The third-order valence-electron chi connectivity index (χ3n) is 3.36. The highest BCUT2D eigenvalue weighted by atomic mass is 16.5. The number of hydrogen-bond donors (Lipinski definition) is 2. The third kappa shape index (κ3) is 5.32. The van der Waals surface area contributed by atoms with Crippen LogP contribution < -0.4 is 15.4 Å². The predicted octanol–water partition coefficient (Wildman–Crippen LogP) is 2.34. The van der Waals surface area contributed by atoms with Gasteiger partial charge < -0.3 is 19.8 Å². The maximum Gasteiger partial charge on any atom is 0.214 e. The molecule has 2 N–H and O–H groups in total. The number of aliphatic imine (C=N–C) groups is 1. The van der Waals surface area contributed by atoms with Gasteiger partial charge in [0.2, 0.25) is 5.89 Å². The highest BCUT2D eigenvalue weighted by molar-refractivity contribution is 5.79. The van der Waals surface area contributed by atoms with Gasteiger partial charge in [0.1, 0.15) is 18.1 Å². The van der Waals surface area contributed by atoms with E-state index < -0.39 is 0 Å². The van der Waals surface area contributed by atoms with Crippen molar-refractivity contribution in [1.82, 2.24) is 15.6 Å². The number of benzene rings is 1. The van der Waals surface area contributed by atoms with Crippen LogP contribution in [0, 0.1) is 20.8 Å². The Labute approximate surface area is 137 Å². The molecule has 0 amide bonds. The SMILES string of the molecule is CN=C(NCCOc1cccc(C)c1)NCc1nc(C)c(C)o1. The number of aryl methyl sites for hydroxylation is 3. The molecule has 1 aromatic carbocycles. The average molecular weight is 316 g/mol. The lowest BCUT2D eigenvalue weighted by Gasteiger charge is -2.11. The summed E-state index contributed by atoms with van der Waals surface area (Å²) in [6.45, 7) is 7.58. The maximum atomic E-state index is 5.69. The maximum absolute atomic E-state index is 5.69. The summed E-state index contributed by atoms with van der Waals surface area (Å²) < 4.78 is 11.2. The quantitative estimate of drug-likeness (QED) is 0.486. The minimum atomic E-state index is 0.493. The van der Waals surface area contributed by atoms with Gasteiger partial charge in [-0.15, -0.1) is 0 Å². The summed E-state index contributed by atoms with van der Waals surface area (Å²) in [4.78, 5) is 8.48. The van der Waals surface area contributed by atoms with Crippen LogP contribution in [0.15, 0.2) is 33.7 Å². The summed E-state index contributed by atoms with van der Waals surface area (Å²) in [5.74, 6) is 3.06. The largest absolute Gasteiger partial charge is 0.492 e. The van der Waals surface area contributed by atoms with Crippen molar-refractivity contribution in [2.24, 2.45) is 4.99 Å². The molecule has 0 atom stereocenters. The lowest BCUT2D eigenvalue weighted by atomic mass is 10.2. The zero-order chi connectivity index (χ0) is 16.7. The van der Waals surface area contributed by atoms with E-state index >= 15 is 0 Å². The van der Waals surface area contributed by atoms with Gasteiger partial charge in [-0.05, 0) is 38.5 Å². The van der Waals surface area contributed by atoms with Gasteiger partial charge in [-0.2, -0.15) is 0 Å². The number of nitrogens with zero attached hydrogens (tertiary/aromatic N) is 2. The highest BCUT2D eigenvalue weighted by Crippen LogP contribution is 2.11. The van der Waals surface area contributed by atoms with Gasteiger partial charge in [0.25, 0.3) is 0 Å². The van der Waals surface area contributed by atoms with E-state index in [4.69, 9.17) is 9.15 Å². The van der Waals surface area contributed by atoms with Crippen molar-refractivity contribution in [2.45, 2.75) is 27.3 Å². The van der Waals surface area contributed by atoms with Crippen molar-refractivity contribution >= 4 is 5.96 Å². The topological polar surface area (TPSA) is 71.7 Å². The molecule has 0 bridgehead atoms. The summed E-state index contributed by atoms with van der Waals surface area (Å²) in [6, 6.07) is 8.00. The van der Waals surface area contributed by atoms with Crippen molar-refractivity contribution in [3.8, 4) is 5.75 Å². The van der Waals surface area contributed by atoms with Crippen molar-refractivity contribution in [1.29, 1.82) is 0 Å². The minimum Gasteiger partial charge on any atom is -0.492 e. The Morgan fingerprint density at radius 2 is 2.09 bits per heavy atom. The zero-order valence-corrected chi connectivity index (χ0v) is 14.1. The zero-order valence-electron chi connectivity index (χ0n) is 14.1. The van der Waals surface area contributed by atoms with Gasteiger partial charge in [0, 0.05) is 7.05 Å².